The summed E-state index contributed by atoms with van der Waals surface area (Å²) < 4.78 is 26.8. The molecule has 1 aromatic heterocycles. The van der Waals surface area contributed by atoms with E-state index in [1.807, 2.05) is 0 Å². The molecule has 2 aromatic rings. The Balaban J connectivity index is 2.14. The van der Waals surface area contributed by atoms with Gasteiger partial charge in [0.05, 0.1) is 21.8 Å². The van der Waals surface area contributed by atoms with E-state index >= 15 is 0 Å². The van der Waals surface area contributed by atoms with Gasteiger partial charge in [-0.15, -0.1) is 0 Å². The first-order valence-electron chi connectivity index (χ1n) is 5.63. The van der Waals surface area contributed by atoms with Crippen molar-refractivity contribution in [3.05, 3.63) is 62.1 Å². The Hall–Kier alpha value is -1.08. The molecule has 0 amide bonds. The third kappa shape index (κ3) is 5.00. The Bertz CT molecular complexity index is 777. The molecule has 110 valence electrons. The van der Waals surface area contributed by atoms with E-state index in [0.29, 0.717) is 15.2 Å². The van der Waals surface area contributed by atoms with Crippen LogP contribution in [0, 0.1) is 0 Å². The maximum absolute atomic E-state index is 11.9. The summed E-state index contributed by atoms with van der Waals surface area (Å²) in [5, 5.41) is 1.92. The molecular weight excluding hydrogens is 399 g/mol. The van der Waals surface area contributed by atoms with Crippen molar-refractivity contribution < 1.29 is 8.42 Å². The minimum atomic E-state index is -3.64. The molecule has 1 N–H and O–H groups in total. The van der Waals surface area contributed by atoms with E-state index in [2.05, 4.69) is 25.6 Å². The summed E-state index contributed by atoms with van der Waals surface area (Å²) >= 11 is 14.7. The lowest BCUT2D eigenvalue weighted by molar-refractivity contribution is 0.609. The van der Waals surface area contributed by atoms with Gasteiger partial charge in [-0.05, 0) is 45.8 Å². The van der Waals surface area contributed by atoms with Crippen LogP contribution in [0.4, 0.5) is 5.69 Å². The fourth-order valence-electron chi connectivity index (χ4n) is 1.42. The molecule has 21 heavy (non-hydrogen) atoms. The Morgan fingerprint density at radius 2 is 1.86 bits per heavy atom. The lowest BCUT2D eigenvalue weighted by Gasteiger charge is -2.05. The Labute approximate surface area is 141 Å². The highest BCUT2D eigenvalue weighted by Gasteiger charge is 2.08. The van der Waals surface area contributed by atoms with Crippen LogP contribution < -0.4 is 4.72 Å². The van der Waals surface area contributed by atoms with Gasteiger partial charge in [0.2, 0.25) is 0 Å². The van der Waals surface area contributed by atoms with Gasteiger partial charge >= 0.3 is 0 Å². The van der Waals surface area contributed by atoms with Crippen LogP contribution in [-0.4, -0.2) is 13.4 Å². The topological polar surface area (TPSA) is 59.1 Å². The third-order valence-corrected chi connectivity index (χ3v) is 4.77. The molecule has 0 aliphatic carbocycles. The molecule has 8 heteroatoms. The molecule has 0 atom stereocenters. The van der Waals surface area contributed by atoms with E-state index in [4.69, 9.17) is 23.2 Å². The fourth-order valence-corrected chi connectivity index (χ4v) is 2.84. The Morgan fingerprint density at radius 3 is 2.48 bits per heavy atom. The zero-order chi connectivity index (χ0) is 15.5. The molecule has 0 aliphatic rings. The lowest BCUT2D eigenvalue weighted by atomic mass is 10.2. The van der Waals surface area contributed by atoms with Gasteiger partial charge in [0.1, 0.15) is 5.15 Å². The quantitative estimate of drug-likeness (QED) is 0.755. The highest BCUT2D eigenvalue weighted by Crippen LogP contribution is 2.23. The highest BCUT2D eigenvalue weighted by atomic mass is 79.9. The zero-order valence-corrected chi connectivity index (χ0v) is 14.3. The average molecular weight is 408 g/mol. The maximum Gasteiger partial charge on any atom is 0.255 e. The molecule has 1 heterocycles. The largest absolute Gasteiger partial charge is 0.279 e. The van der Waals surface area contributed by atoms with E-state index in [-0.39, 0.29) is 5.15 Å². The van der Waals surface area contributed by atoms with Gasteiger partial charge in [-0.1, -0.05) is 35.3 Å². The van der Waals surface area contributed by atoms with Crippen molar-refractivity contribution in [3.8, 4) is 0 Å². The number of hydrogen-bond acceptors (Lipinski definition) is 3. The summed E-state index contributed by atoms with van der Waals surface area (Å²) in [7, 11) is -3.64. The molecule has 0 aliphatic heterocycles. The second kappa shape index (κ2) is 6.79. The van der Waals surface area contributed by atoms with Crippen LogP contribution in [0.3, 0.4) is 0 Å². The Kier molecular flexibility index (Phi) is 5.27. The van der Waals surface area contributed by atoms with E-state index in [1.165, 1.54) is 18.3 Å². The zero-order valence-electron chi connectivity index (χ0n) is 10.4. The number of hydrogen-bond donors (Lipinski definition) is 1. The summed E-state index contributed by atoms with van der Waals surface area (Å²) in [6, 6.07) is 8.33. The van der Waals surface area contributed by atoms with Crippen molar-refractivity contribution in [1.29, 1.82) is 0 Å². The smallest absolute Gasteiger partial charge is 0.255 e. The van der Waals surface area contributed by atoms with Crippen molar-refractivity contribution in [1.82, 2.24) is 4.98 Å². The molecule has 0 saturated carbocycles. The minimum absolute atomic E-state index is 0.259. The van der Waals surface area contributed by atoms with Crippen molar-refractivity contribution in [2.24, 2.45) is 0 Å². The number of nitrogens with one attached hydrogen (secondary N) is 1. The van der Waals surface area contributed by atoms with Crippen LogP contribution in [0.25, 0.3) is 6.08 Å². The first-order chi connectivity index (χ1) is 9.85. The summed E-state index contributed by atoms with van der Waals surface area (Å²) in [6.45, 7) is 0. The normalized spacial score (nSPS) is 11.8. The van der Waals surface area contributed by atoms with Crippen LogP contribution in [0.5, 0.6) is 0 Å². The van der Waals surface area contributed by atoms with Crippen molar-refractivity contribution >= 4 is 60.9 Å². The fraction of sp³-hybridized carbons (Fsp3) is 0. The van der Waals surface area contributed by atoms with Gasteiger partial charge in [0.15, 0.2) is 0 Å². The van der Waals surface area contributed by atoms with Crippen molar-refractivity contribution in [2.75, 3.05) is 4.72 Å². The van der Waals surface area contributed by atoms with Gasteiger partial charge < -0.3 is 0 Å². The van der Waals surface area contributed by atoms with Crippen molar-refractivity contribution in [3.63, 3.8) is 0 Å². The molecule has 0 radical (unpaired) electrons. The molecule has 0 fully saturated rings. The number of halogens is 3. The summed E-state index contributed by atoms with van der Waals surface area (Å²) in [5.74, 6) is 0. The first kappa shape index (κ1) is 16.3. The number of sulfonamides is 1. The van der Waals surface area contributed by atoms with Gasteiger partial charge in [-0.2, -0.15) is 0 Å². The SMILES string of the molecule is O=S(=O)(/C=C/c1ccc(Cl)cc1)Nc1cnc(Cl)c(Br)c1. The number of rotatable bonds is 4. The predicted octanol–water partition coefficient (Wildman–Crippen LogP) is 4.56. The average Bonchev–Trinajstić information content (AvgIpc) is 2.42. The van der Waals surface area contributed by atoms with Gasteiger partial charge in [0, 0.05) is 5.02 Å². The van der Waals surface area contributed by atoms with Gasteiger partial charge in [0.25, 0.3) is 10.0 Å². The first-order valence-corrected chi connectivity index (χ1v) is 8.73. The minimum Gasteiger partial charge on any atom is -0.279 e. The molecule has 0 spiro atoms. The lowest BCUT2D eigenvalue weighted by Crippen LogP contribution is -2.09. The molecule has 2 rings (SSSR count). The van der Waals surface area contributed by atoms with Gasteiger partial charge in [-0.25, -0.2) is 13.4 Å². The summed E-state index contributed by atoms with van der Waals surface area (Å²) in [6.07, 6.45) is 2.80. The number of anilines is 1. The van der Waals surface area contributed by atoms with Crippen molar-refractivity contribution in [2.45, 2.75) is 0 Å². The van der Waals surface area contributed by atoms with E-state index in [9.17, 15) is 8.42 Å². The molecule has 0 saturated heterocycles. The van der Waals surface area contributed by atoms with Crippen LogP contribution in [0.15, 0.2) is 46.4 Å². The number of benzene rings is 1. The van der Waals surface area contributed by atoms with Crippen LogP contribution in [-0.2, 0) is 10.0 Å². The third-order valence-electron chi connectivity index (χ3n) is 2.37. The molecule has 1 aromatic carbocycles. The molecule has 0 bridgehead atoms. The number of aromatic nitrogens is 1. The monoisotopic (exact) mass is 406 g/mol. The van der Waals surface area contributed by atoms with Gasteiger partial charge in [-0.3, -0.25) is 4.72 Å². The number of pyridine rings is 1. The standard InChI is InChI=1S/C13H9BrCl2N2O2S/c14-12-7-11(8-17-13(12)16)18-21(19,20)6-5-9-1-3-10(15)4-2-9/h1-8,18H/b6-5+. The number of nitrogens with zero attached hydrogens (tertiary/aromatic N) is 1. The highest BCUT2D eigenvalue weighted by molar-refractivity contribution is 9.10. The Morgan fingerprint density at radius 1 is 1.19 bits per heavy atom. The predicted molar refractivity (Wildman–Crippen MR) is 90.0 cm³/mol. The maximum atomic E-state index is 11.9. The van der Waals surface area contributed by atoms with E-state index in [1.54, 1.807) is 24.3 Å². The van der Waals surface area contributed by atoms with Crippen LogP contribution in [0.1, 0.15) is 5.56 Å². The molecule has 0 unspecified atom stereocenters. The second-order valence-electron chi connectivity index (χ2n) is 4.00. The summed E-state index contributed by atoms with van der Waals surface area (Å²) in [4.78, 5) is 3.84. The van der Waals surface area contributed by atoms with Crippen LogP contribution >= 0.6 is 39.1 Å². The summed E-state index contributed by atoms with van der Waals surface area (Å²) in [5.41, 5.74) is 1.03. The second-order valence-corrected chi connectivity index (χ2v) is 7.21. The van der Waals surface area contributed by atoms with Crippen LogP contribution in [0.2, 0.25) is 10.2 Å². The van der Waals surface area contributed by atoms with E-state index < -0.39 is 10.0 Å². The molecular formula is C13H9BrCl2N2O2S. The van der Waals surface area contributed by atoms with E-state index in [0.717, 1.165) is 11.0 Å². The molecule has 4 nitrogen and oxygen atoms in total.